The topological polar surface area (TPSA) is 49.8 Å². The third kappa shape index (κ3) is 4.56. The molecule has 0 saturated carbocycles. The number of likely N-dealkylation sites (tertiary alicyclic amines) is 1. The number of carbonyl (C=O) groups is 1. The van der Waals surface area contributed by atoms with Crippen LogP contribution in [0.5, 0.6) is 0 Å². The fourth-order valence-corrected chi connectivity index (χ4v) is 3.54. The molecule has 1 aliphatic rings. The van der Waals surface area contributed by atoms with Crippen molar-refractivity contribution < 1.29 is 14.6 Å². The van der Waals surface area contributed by atoms with Gasteiger partial charge in [0.15, 0.2) is 0 Å². The molecular formula is C18H25Cl2NO3. The quantitative estimate of drug-likeness (QED) is 0.838. The number of rotatable bonds is 3. The molecule has 24 heavy (non-hydrogen) atoms. The third-order valence-corrected chi connectivity index (χ3v) is 5.09. The zero-order chi connectivity index (χ0) is 18.0. The van der Waals surface area contributed by atoms with Crippen molar-refractivity contribution in [3.05, 3.63) is 33.8 Å². The Morgan fingerprint density at radius 2 is 2.04 bits per heavy atom. The van der Waals surface area contributed by atoms with Gasteiger partial charge in [0.05, 0.1) is 10.0 Å². The number of piperidine rings is 1. The lowest BCUT2D eigenvalue weighted by atomic mass is 9.72. The summed E-state index contributed by atoms with van der Waals surface area (Å²) in [5.74, 6) is 0. The molecule has 0 aromatic heterocycles. The van der Waals surface area contributed by atoms with E-state index in [1.165, 1.54) is 0 Å². The van der Waals surface area contributed by atoms with Crippen LogP contribution in [0.4, 0.5) is 4.79 Å². The summed E-state index contributed by atoms with van der Waals surface area (Å²) in [6, 6.07) is 5.55. The van der Waals surface area contributed by atoms with Crippen LogP contribution >= 0.6 is 23.2 Å². The van der Waals surface area contributed by atoms with Crippen LogP contribution in [0.2, 0.25) is 10.0 Å². The molecule has 0 unspecified atom stereocenters. The average Bonchev–Trinajstić information content (AvgIpc) is 2.49. The number of ether oxygens (including phenoxy) is 1. The number of benzene rings is 1. The van der Waals surface area contributed by atoms with Crippen LogP contribution in [0.1, 0.15) is 45.6 Å². The second-order valence-corrected chi connectivity index (χ2v) is 8.20. The molecule has 1 aromatic rings. The Labute approximate surface area is 153 Å². The van der Waals surface area contributed by atoms with Gasteiger partial charge < -0.3 is 14.7 Å². The Morgan fingerprint density at radius 3 is 2.62 bits per heavy atom. The van der Waals surface area contributed by atoms with Gasteiger partial charge in [-0.2, -0.15) is 0 Å². The summed E-state index contributed by atoms with van der Waals surface area (Å²) in [6.07, 6.45) is 1.97. The smallest absolute Gasteiger partial charge is 0.410 e. The maximum absolute atomic E-state index is 12.5. The summed E-state index contributed by atoms with van der Waals surface area (Å²) in [7, 11) is 0. The van der Waals surface area contributed by atoms with E-state index in [-0.39, 0.29) is 18.1 Å². The highest BCUT2D eigenvalue weighted by Crippen LogP contribution is 2.39. The first-order chi connectivity index (χ1) is 11.2. The molecule has 0 bridgehead atoms. The summed E-state index contributed by atoms with van der Waals surface area (Å²) in [4.78, 5) is 14.2. The average molecular weight is 374 g/mol. The Kier molecular flexibility index (Phi) is 6.05. The number of carbonyl (C=O) groups excluding carboxylic acids is 1. The van der Waals surface area contributed by atoms with Gasteiger partial charge in [-0.3, -0.25) is 0 Å². The summed E-state index contributed by atoms with van der Waals surface area (Å²) in [5.41, 5.74) is 0.134. The molecule has 1 aliphatic heterocycles. The van der Waals surface area contributed by atoms with Gasteiger partial charge in [-0.25, -0.2) is 4.79 Å². The maximum atomic E-state index is 12.5. The Balaban J connectivity index is 2.28. The predicted octanol–water partition coefficient (Wildman–Crippen LogP) is 4.64. The summed E-state index contributed by atoms with van der Waals surface area (Å²) < 4.78 is 5.50. The van der Waals surface area contributed by atoms with Crippen LogP contribution in [-0.2, 0) is 10.2 Å². The molecule has 0 radical (unpaired) electrons. The van der Waals surface area contributed by atoms with Crippen molar-refractivity contribution in [3.8, 4) is 0 Å². The molecule has 6 heteroatoms. The molecule has 1 heterocycles. The van der Waals surface area contributed by atoms with Gasteiger partial charge in [0, 0.05) is 25.1 Å². The van der Waals surface area contributed by atoms with E-state index in [0.717, 1.165) is 18.4 Å². The molecule has 0 spiro atoms. The van der Waals surface area contributed by atoms with Crippen molar-refractivity contribution in [2.45, 2.75) is 51.0 Å². The summed E-state index contributed by atoms with van der Waals surface area (Å²) in [6.45, 7) is 6.77. The van der Waals surface area contributed by atoms with E-state index in [9.17, 15) is 9.90 Å². The largest absolute Gasteiger partial charge is 0.444 e. The SMILES string of the molecule is CC(C)(C)OC(=O)N1CCC[C@](CCO)(c2ccc(Cl)c(Cl)c2)C1. The third-order valence-electron chi connectivity index (χ3n) is 4.35. The highest BCUT2D eigenvalue weighted by Gasteiger charge is 2.39. The fourth-order valence-electron chi connectivity index (χ4n) is 3.24. The van der Waals surface area contributed by atoms with Gasteiger partial charge in [-0.05, 0) is 57.7 Å². The van der Waals surface area contributed by atoms with Gasteiger partial charge in [0.1, 0.15) is 5.60 Å². The van der Waals surface area contributed by atoms with E-state index in [1.807, 2.05) is 32.9 Å². The Morgan fingerprint density at radius 1 is 1.33 bits per heavy atom. The van der Waals surface area contributed by atoms with Gasteiger partial charge in [-0.15, -0.1) is 0 Å². The normalized spacial score (nSPS) is 21.7. The molecule has 1 amide bonds. The molecule has 1 fully saturated rings. The van der Waals surface area contributed by atoms with Gasteiger partial charge in [0.25, 0.3) is 0 Å². The fraction of sp³-hybridized carbons (Fsp3) is 0.611. The van der Waals surface area contributed by atoms with E-state index in [1.54, 1.807) is 11.0 Å². The van der Waals surface area contributed by atoms with Gasteiger partial charge in [0.2, 0.25) is 0 Å². The van der Waals surface area contributed by atoms with Crippen LogP contribution in [0, 0.1) is 0 Å². The van der Waals surface area contributed by atoms with E-state index in [4.69, 9.17) is 27.9 Å². The minimum atomic E-state index is -0.530. The Bertz CT molecular complexity index is 596. The lowest BCUT2D eigenvalue weighted by Gasteiger charge is -2.43. The van der Waals surface area contributed by atoms with Crippen LogP contribution in [0.25, 0.3) is 0 Å². The van der Waals surface area contributed by atoms with Crippen molar-refractivity contribution in [1.82, 2.24) is 4.90 Å². The zero-order valence-corrected chi connectivity index (χ0v) is 16.0. The molecule has 1 atom stereocenters. The molecule has 4 nitrogen and oxygen atoms in total. The molecule has 1 N–H and O–H groups in total. The Hall–Kier alpha value is -0.970. The standard InChI is InChI=1S/C18H25Cl2NO3/c1-17(2,3)24-16(23)21-9-4-7-18(12-21,8-10-22)13-5-6-14(19)15(20)11-13/h5-6,11,22H,4,7-10,12H2,1-3H3/t18-/m1/s1. The highest BCUT2D eigenvalue weighted by molar-refractivity contribution is 6.42. The monoisotopic (exact) mass is 373 g/mol. The molecule has 134 valence electrons. The zero-order valence-electron chi connectivity index (χ0n) is 14.4. The molecule has 0 aliphatic carbocycles. The van der Waals surface area contributed by atoms with Crippen LogP contribution < -0.4 is 0 Å². The number of hydrogen-bond donors (Lipinski definition) is 1. The minimum Gasteiger partial charge on any atom is -0.444 e. The van der Waals surface area contributed by atoms with E-state index in [2.05, 4.69) is 0 Å². The summed E-state index contributed by atoms with van der Waals surface area (Å²) in [5, 5.41) is 10.6. The first-order valence-electron chi connectivity index (χ1n) is 8.21. The van der Waals surface area contributed by atoms with Crippen LogP contribution in [0.15, 0.2) is 18.2 Å². The lowest BCUT2D eigenvalue weighted by molar-refractivity contribution is 0.0112. The summed E-state index contributed by atoms with van der Waals surface area (Å²) >= 11 is 12.2. The van der Waals surface area contributed by atoms with Gasteiger partial charge in [-0.1, -0.05) is 29.3 Å². The van der Waals surface area contributed by atoms with E-state index >= 15 is 0 Å². The first-order valence-corrected chi connectivity index (χ1v) is 8.97. The highest BCUT2D eigenvalue weighted by atomic mass is 35.5. The molecule has 2 rings (SSSR count). The lowest BCUT2D eigenvalue weighted by Crippen LogP contribution is -2.50. The predicted molar refractivity (Wildman–Crippen MR) is 96.9 cm³/mol. The van der Waals surface area contributed by atoms with Crippen LogP contribution in [-0.4, -0.2) is 41.4 Å². The first kappa shape index (κ1) is 19.4. The van der Waals surface area contributed by atoms with Crippen LogP contribution in [0.3, 0.4) is 0 Å². The number of aliphatic hydroxyl groups is 1. The second kappa shape index (κ2) is 7.51. The van der Waals surface area contributed by atoms with E-state index in [0.29, 0.717) is 29.6 Å². The number of nitrogens with zero attached hydrogens (tertiary/aromatic N) is 1. The second-order valence-electron chi connectivity index (χ2n) is 7.39. The van der Waals surface area contributed by atoms with Crippen molar-refractivity contribution in [1.29, 1.82) is 0 Å². The van der Waals surface area contributed by atoms with Crippen molar-refractivity contribution in [3.63, 3.8) is 0 Å². The molecular weight excluding hydrogens is 349 g/mol. The van der Waals surface area contributed by atoms with Crippen molar-refractivity contribution >= 4 is 29.3 Å². The minimum absolute atomic E-state index is 0.0441. The van der Waals surface area contributed by atoms with Gasteiger partial charge >= 0.3 is 6.09 Å². The number of aliphatic hydroxyl groups excluding tert-OH is 1. The maximum Gasteiger partial charge on any atom is 0.410 e. The number of halogens is 2. The molecule has 1 aromatic carbocycles. The van der Waals surface area contributed by atoms with E-state index < -0.39 is 5.60 Å². The van der Waals surface area contributed by atoms with Crippen molar-refractivity contribution in [2.24, 2.45) is 0 Å². The number of amides is 1. The van der Waals surface area contributed by atoms with Crippen molar-refractivity contribution in [2.75, 3.05) is 19.7 Å². The number of hydrogen-bond acceptors (Lipinski definition) is 3. The molecule has 1 saturated heterocycles.